The topological polar surface area (TPSA) is 78.4 Å². The van der Waals surface area contributed by atoms with E-state index in [4.69, 9.17) is 5.21 Å². The standard InChI is InChI=1S/C20H19N2O3PS/c1-26(25)27(19-8-4-6-16-5-2-3-7-18(16)19)22-17-12-9-15(10-13-17)11-14-20(23)21-24/h2-14,22,24H,1H3,(H,21,23)/b14-11+. The van der Waals surface area contributed by atoms with Crippen LogP contribution in [0.5, 0.6) is 0 Å². The normalized spacial score (nSPS) is 12.7. The van der Waals surface area contributed by atoms with Gasteiger partial charge in [0.2, 0.25) is 0 Å². The molecule has 0 saturated carbocycles. The van der Waals surface area contributed by atoms with E-state index in [1.807, 2.05) is 66.7 Å². The second-order valence-electron chi connectivity index (χ2n) is 5.74. The molecule has 3 rings (SSSR count). The molecule has 27 heavy (non-hydrogen) atoms. The highest BCUT2D eigenvalue weighted by Gasteiger charge is 2.08. The number of hydroxylamine groups is 1. The summed E-state index contributed by atoms with van der Waals surface area (Å²) in [5.41, 5.74) is 3.21. The molecule has 0 aliphatic rings. The minimum absolute atomic E-state index is 0.585. The van der Waals surface area contributed by atoms with E-state index in [2.05, 4.69) is 4.72 Å². The first kappa shape index (κ1) is 19.1. The lowest BCUT2D eigenvalue weighted by atomic mass is 10.1. The maximum absolute atomic E-state index is 12.5. The molecule has 3 aromatic carbocycles. The number of benzene rings is 3. The Bertz CT molecular complexity index is 1080. The van der Waals surface area contributed by atoms with Crippen LogP contribution in [0.2, 0.25) is 0 Å². The molecular weight excluding hydrogens is 379 g/mol. The first-order valence-corrected chi connectivity index (χ1v) is 11.7. The molecule has 0 aliphatic carbocycles. The first-order valence-electron chi connectivity index (χ1n) is 8.20. The summed E-state index contributed by atoms with van der Waals surface area (Å²) in [5.74, 6) is -0.585. The third kappa shape index (κ3) is 4.74. The van der Waals surface area contributed by atoms with Crippen LogP contribution in [-0.2, 0) is 19.6 Å². The Hall–Kier alpha value is -2.66. The zero-order chi connectivity index (χ0) is 19.2. The molecule has 0 aromatic heterocycles. The lowest BCUT2D eigenvalue weighted by molar-refractivity contribution is -0.124. The molecule has 0 fully saturated rings. The van der Waals surface area contributed by atoms with Crippen molar-refractivity contribution in [3.8, 4) is 0 Å². The molecule has 2 atom stereocenters. The van der Waals surface area contributed by atoms with Crippen molar-refractivity contribution in [2.24, 2.45) is 0 Å². The van der Waals surface area contributed by atoms with Gasteiger partial charge in [-0.15, -0.1) is 0 Å². The third-order valence-corrected chi connectivity index (χ3v) is 8.00. The molecule has 0 saturated heterocycles. The number of fused-ring (bicyclic) bond motifs is 1. The fourth-order valence-electron chi connectivity index (χ4n) is 2.61. The average Bonchev–Trinajstić information content (AvgIpc) is 2.70. The van der Waals surface area contributed by atoms with Crippen LogP contribution < -0.4 is 10.2 Å². The molecule has 5 nitrogen and oxygen atoms in total. The Morgan fingerprint density at radius 1 is 1.04 bits per heavy atom. The molecular formula is C20H19N2O3PS. The van der Waals surface area contributed by atoms with Crippen molar-refractivity contribution < 1.29 is 14.6 Å². The summed E-state index contributed by atoms with van der Waals surface area (Å²) >= 11 is 0. The second-order valence-corrected chi connectivity index (χ2v) is 10.5. The first-order chi connectivity index (χ1) is 13.1. The van der Waals surface area contributed by atoms with Crippen molar-refractivity contribution in [2.75, 3.05) is 11.4 Å². The van der Waals surface area contributed by atoms with Crippen LogP contribution in [0.1, 0.15) is 5.56 Å². The second kappa shape index (κ2) is 8.82. The number of amides is 1. The number of hydrogen-bond acceptors (Lipinski definition) is 3. The Morgan fingerprint density at radius 3 is 2.44 bits per heavy atom. The molecule has 3 aromatic rings. The van der Waals surface area contributed by atoms with Gasteiger partial charge in [-0.05, 0) is 50.9 Å². The highest BCUT2D eigenvalue weighted by atomic mass is 32.5. The van der Waals surface area contributed by atoms with E-state index in [1.165, 1.54) is 6.08 Å². The van der Waals surface area contributed by atoms with Crippen LogP contribution in [0.25, 0.3) is 16.8 Å². The summed E-state index contributed by atoms with van der Waals surface area (Å²) in [7, 11) is -0.640. The smallest absolute Gasteiger partial charge is 0.267 e. The summed E-state index contributed by atoms with van der Waals surface area (Å²) in [6, 6.07) is 21.6. The van der Waals surface area contributed by atoms with Gasteiger partial charge in [-0.2, -0.15) is 0 Å². The van der Waals surface area contributed by atoms with Gasteiger partial charge >= 0.3 is 0 Å². The van der Waals surface area contributed by atoms with Gasteiger partial charge in [-0.1, -0.05) is 48.5 Å². The predicted molar refractivity (Wildman–Crippen MR) is 112 cm³/mol. The molecule has 7 heteroatoms. The summed E-state index contributed by atoms with van der Waals surface area (Å²) in [5, 5.41) is 10.7. The fourth-order valence-corrected chi connectivity index (χ4v) is 6.09. The molecule has 0 heterocycles. The number of anilines is 1. The van der Waals surface area contributed by atoms with E-state index < -0.39 is 22.7 Å². The number of hydrogen-bond donors (Lipinski definition) is 3. The molecule has 0 radical (unpaired) electrons. The Morgan fingerprint density at radius 2 is 1.74 bits per heavy atom. The SMILES string of the molecule is CP(=O)=S(Nc1ccc(/C=C/C(=O)NO)cc1)c1cccc2ccccc12. The monoisotopic (exact) mass is 398 g/mol. The Balaban J connectivity index is 1.90. The molecule has 3 N–H and O–H groups in total. The summed E-state index contributed by atoms with van der Waals surface area (Å²) < 4.78 is 15.9. The van der Waals surface area contributed by atoms with E-state index in [0.29, 0.717) is 0 Å². The molecule has 0 bridgehead atoms. The minimum atomic E-state index is -1.49. The molecule has 138 valence electrons. The van der Waals surface area contributed by atoms with Gasteiger partial charge in [0.05, 0.1) is 0 Å². The lowest BCUT2D eigenvalue weighted by Crippen LogP contribution is -2.14. The zero-order valence-electron chi connectivity index (χ0n) is 14.6. The van der Waals surface area contributed by atoms with Crippen molar-refractivity contribution in [2.45, 2.75) is 4.90 Å². The highest BCUT2D eigenvalue weighted by Crippen LogP contribution is 2.28. The molecule has 2 unspecified atom stereocenters. The van der Waals surface area contributed by atoms with E-state index in [-0.39, 0.29) is 0 Å². The van der Waals surface area contributed by atoms with Gasteiger partial charge < -0.3 is 4.72 Å². The van der Waals surface area contributed by atoms with Crippen LogP contribution in [-0.4, -0.2) is 17.8 Å². The lowest BCUT2D eigenvalue weighted by Gasteiger charge is -2.14. The number of carbonyl (C=O) groups excluding carboxylic acids is 1. The Kier molecular flexibility index (Phi) is 6.24. The van der Waals surface area contributed by atoms with Gasteiger partial charge in [-0.3, -0.25) is 14.6 Å². The van der Waals surface area contributed by atoms with Gasteiger partial charge in [0, 0.05) is 23.3 Å². The summed E-state index contributed by atoms with van der Waals surface area (Å²) in [6.45, 7) is 0.244. The Labute approximate surface area is 160 Å². The van der Waals surface area contributed by atoms with E-state index >= 15 is 0 Å². The van der Waals surface area contributed by atoms with Gasteiger partial charge in [0.15, 0.2) is 0 Å². The van der Waals surface area contributed by atoms with Gasteiger partial charge in [0.25, 0.3) is 5.91 Å². The summed E-state index contributed by atoms with van der Waals surface area (Å²) in [6.07, 6.45) is 2.84. The zero-order valence-corrected chi connectivity index (χ0v) is 16.3. The summed E-state index contributed by atoms with van der Waals surface area (Å²) in [4.78, 5) is 12.1. The van der Waals surface area contributed by atoms with Gasteiger partial charge in [0.1, 0.15) is 6.58 Å². The van der Waals surface area contributed by atoms with Crippen molar-refractivity contribution in [1.29, 1.82) is 0 Å². The van der Waals surface area contributed by atoms with E-state index in [9.17, 15) is 9.36 Å². The molecule has 1 amide bonds. The third-order valence-electron chi connectivity index (χ3n) is 3.88. The van der Waals surface area contributed by atoms with Crippen LogP contribution in [0.3, 0.4) is 0 Å². The number of rotatable bonds is 5. The van der Waals surface area contributed by atoms with Crippen LogP contribution >= 0.6 is 6.58 Å². The van der Waals surface area contributed by atoms with E-state index in [1.54, 1.807) is 18.2 Å². The maximum Gasteiger partial charge on any atom is 0.267 e. The van der Waals surface area contributed by atoms with Crippen molar-refractivity contribution in [3.05, 3.63) is 78.4 Å². The predicted octanol–water partition coefficient (Wildman–Crippen LogP) is 4.73. The van der Waals surface area contributed by atoms with Crippen molar-refractivity contribution in [3.63, 3.8) is 0 Å². The average molecular weight is 398 g/mol. The van der Waals surface area contributed by atoms with Crippen molar-refractivity contribution in [1.82, 2.24) is 5.48 Å². The minimum Gasteiger partial charge on any atom is -0.326 e. The van der Waals surface area contributed by atoms with Crippen LogP contribution in [0.4, 0.5) is 5.69 Å². The largest absolute Gasteiger partial charge is 0.326 e. The molecule has 0 aliphatic heterocycles. The maximum atomic E-state index is 12.5. The van der Waals surface area contributed by atoms with Gasteiger partial charge in [-0.25, -0.2) is 5.48 Å². The number of carbonyl (C=O) groups is 1. The highest BCUT2D eigenvalue weighted by molar-refractivity contribution is 8.23. The van der Waals surface area contributed by atoms with Crippen molar-refractivity contribution >= 4 is 45.3 Å². The number of nitrogens with one attached hydrogen (secondary N) is 2. The fraction of sp³-hybridized carbons (Fsp3) is 0.0500. The van der Waals surface area contributed by atoms with Crippen LogP contribution in [0, 0.1) is 0 Å². The van der Waals surface area contributed by atoms with Crippen LogP contribution in [0.15, 0.2) is 77.7 Å². The quantitative estimate of drug-likeness (QED) is 0.251. The molecule has 0 spiro atoms. The van der Waals surface area contributed by atoms with E-state index in [0.717, 1.165) is 26.9 Å².